The Morgan fingerprint density at radius 3 is 2.43 bits per heavy atom. The molecule has 0 atom stereocenters. The number of benzene rings is 1. The van der Waals surface area contributed by atoms with Crippen LogP contribution in [0.3, 0.4) is 0 Å². The first kappa shape index (κ1) is 11.7. The minimum atomic E-state index is 0.785. The van der Waals surface area contributed by atoms with E-state index in [1.807, 2.05) is 0 Å². The Morgan fingerprint density at radius 1 is 1.21 bits per heavy atom. The summed E-state index contributed by atoms with van der Waals surface area (Å²) in [6, 6.07) is 8.46. The second-order valence-electron chi connectivity index (χ2n) is 3.99. The van der Waals surface area contributed by atoms with Crippen molar-refractivity contribution < 1.29 is 0 Å². The fraction of sp³-hybridized carbons (Fsp3) is 0.500. The Kier molecular flexibility index (Phi) is 5.20. The Hall–Kier alpha value is -0.340. The minimum absolute atomic E-state index is 0.785. The number of hydrogen-bond acceptors (Lipinski definition) is 1. The largest absolute Gasteiger partial charge is 0.313 e. The Labute approximate surface area is 95.0 Å². The van der Waals surface area contributed by atoms with E-state index in [0.29, 0.717) is 0 Å². The van der Waals surface area contributed by atoms with Crippen LogP contribution < -0.4 is 5.32 Å². The van der Waals surface area contributed by atoms with Gasteiger partial charge in [-0.1, -0.05) is 41.9 Å². The van der Waals surface area contributed by atoms with Gasteiger partial charge in [-0.25, -0.2) is 0 Å². The molecule has 1 nitrogen and oxygen atoms in total. The van der Waals surface area contributed by atoms with Gasteiger partial charge in [0.05, 0.1) is 0 Å². The van der Waals surface area contributed by atoms with Gasteiger partial charge in [0.15, 0.2) is 0 Å². The average molecular weight is 256 g/mol. The lowest BCUT2D eigenvalue weighted by molar-refractivity contribution is 0.537. The van der Waals surface area contributed by atoms with Gasteiger partial charge in [0.1, 0.15) is 0 Å². The number of nitrogens with one attached hydrogen (secondary N) is 1. The Balaban J connectivity index is 2.21. The van der Waals surface area contributed by atoms with Crippen LogP contribution in [-0.2, 0) is 6.54 Å². The molecule has 0 saturated heterocycles. The van der Waals surface area contributed by atoms with Crippen LogP contribution in [0.25, 0.3) is 0 Å². The maximum Gasteiger partial charge on any atom is 0.0205 e. The van der Waals surface area contributed by atoms with Crippen molar-refractivity contribution >= 4 is 15.9 Å². The van der Waals surface area contributed by atoms with Crippen molar-refractivity contribution in [1.82, 2.24) is 5.32 Å². The third-order valence-corrected chi connectivity index (χ3v) is 2.67. The first-order chi connectivity index (χ1) is 6.68. The first-order valence-electron chi connectivity index (χ1n) is 5.13. The lowest BCUT2D eigenvalue weighted by Gasteiger charge is -2.06. The van der Waals surface area contributed by atoms with E-state index in [1.165, 1.54) is 12.0 Å². The van der Waals surface area contributed by atoms with Crippen LogP contribution in [0.2, 0.25) is 0 Å². The highest BCUT2D eigenvalue weighted by Crippen LogP contribution is 2.10. The lowest BCUT2D eigenvalue weighted by Crippen LogP contribution is -2.16. The molecule has 0 saturated carbocycles. The lowest BCUT2D eigenvalue weighted by atomic mass is 10.1. The molecule has 0 aromatic heterocycles. The molecule has 0 aliphatic carbocycles. The topological polar surface area (TPSA) is 12.0 Å². The summed E-state index contributed by atoms with van der Waals surface area (Å²) >= 11 is 3.43. The van der Waals surface area contributed by atoms with Crippen LogP contribution in [0, 0.1) is 5.92 Å². The summed E-state index contributed by atoms with van der Waals surface area (Å²) in [5.74, 6) is 0.785. The van der Waals surface area contributed by atoms with Gasteiger partial charge in [0.25, 0.3) is 0 Å². The maximum absolute atomic E-state index is 3.44. The van der Waals surface area contributed by atoms with Crippen LogP contribution in [0.5, 0.6) is 0 Å². The second kappa shape index (κ2) is 6.20. The van der Waals surface area contributed by atoms with E-state index in [1.54, 1.807) is 0 Å². The molecule has 1 aromatic rings. The molecule has 0 aliphatic heterocycles. The van der Waals surface area contributed by atoms with Crippen molar-refractivity contribution in [2.45, 2.75) is 26.8 Å². The summed E-state index contributed by atoms with van der Waals surface area (Å²) in [5, 5.41) is 3.44. The fourth-order valence-electron chi connectivity index (χ4n) is 1.23. The quantitative estimate of drug-likeness (QED) is 0.794. The molecule has 0 aliphatic rings. The number of rotatable bonds is 5. The summed E-state index contributed by atoms with van der Waals surface area (Å²) in [6.07, 6.45) is 1.25. The van der Waals surface area contributed by atoms with E-state index < -0.39 is 0 Å². The molecule has 0 unspecified atom stereocenters. The van der Waals surface area contributed by atoms with Crippen molar-refractivity contribution in [2.75, 3.05) is 6.54 Å². The van der Waals surface area contributed by atoms with Crippen molar-refractivity contribution in [2.24, 2.45) is 5.92 Å². The van der Waals surface area contributed by atoms with E-state index in [0.717, 1.165) is 23.5 Å². The summed E-state index contributed by atoms with van der Waals surface area (Å²) in [6.45, 7) is 6.58. The molecular weight excluding hydrogens is 238 g/mol. The smallest absolute Gasteiger partial charge is 0.0205 e. The molecule has 1 aromatic carbocycles. The monoisotopic (exact) mass is 255 g/mol. The van der Waals surface area contributed by atoms with E-state index in [2.05, 4.69) is 59.4 Å². The van der Waals surface area contributed by atoms with Gasteiger partial charge in [0, 0.05) is 11.0 Å². The molecule has 1 N–H and O–H groups in total. The van der Waals surface area contributed by atoms with Crippen molar-refractivity contribution in [1.29, 1.82) is 0 Å². The van der Waals surface area contributed by atoms with Gasteiger partial charge in [-0.2, -0.15) is 0 Å². The third kappa shape index (κ3) is 4.77. The summed E-state index contributed by atoms with van der Waals surface area (Å²) in [4.78, 5) is 0. The predicted molar refractivity (Wildman–Crippen MR) is 65.3 cm³/mol. The van der Waals surface area contributed by atoms with Crippen LogP contribution in [0.4, 0.5) is 0 Å². The van der Waals surface area contributed by atoms with E-state index in [-0.39, 0.29) is 0 Å². The minimum Gasteiger partial charge on any atom is -0.313 e. The maximum atomic E-state index is 3.44. The van der Waals surface area contributed by atoms with Gasteiger partial charge in [-0.3, -0.25) is 0 Å². The van der Waals surface area contributed by atoms with E-state index in [4.69, 9.17) is 0 Å². The zero-order chi connectivity index (χ0) is 10.4. The highest BCUT2D eigenvalue weighted by Gasteiger charge is 1.94. The van der Waals surface area contributed by atoms with Gasteiger partial charge in [0.2, 0.25) is 0 Å². The molecule has 14 heavy (non-hydrogen) atoms. The highest BCUT2D eigenvalue weighted by molar-refractivity contribution is 9.10. The molecular formula is C12H18BrN. The van der Waals surface area contributed by atoms with Gasteiger partial charge < -0.3 is 5.32 Å². The van der Waals surface area contributed by atoms with Crippen molar-refractivity contribution in [3.05, 3.63) is 34.3 Å². The van der Waals surface area contributed by atoms with Crippen LogP contribution in [-0.4, -0.2) is 6.54 Å². The second-order valence-corrected chi connectivity index (χ2v) is 4.90. The molecule has 2 heteroatoms. The Bertz CT molecular complexity index is 254. The standard InChI is InChI=1S/C12H18BrN/c1-10(2)7-8-14-9-11-3-5-12(13)6-4-11/h3-6,10,14H,7-9H2,1-2H3. The molecule has 0 spiro atoms. The average Bonchev–Trinajstić information content (AvgIpc) is 2.15. The molecule has 0 bridgehead atoms. The summed E-state index contributed by atoms with van der Waals surface area (Å²) in [5.41, 5.74) is 1.34. The van der Waals surface area contributed by atoms with E-state index in [9.17, 15) is 0 Å². The van der Waals surface area contributed by atoms with Gasteiger partial charge >= 0.3 is 0 Å². The summed E-state index contributed by atoms with van der Waals surface area (Å²) < 4.78 is 1.14. The number of halogens is 1. The zero-order valence-electron chi connectivity index (χ0n) is 8.89. The zero-order valence-corrected chi connectivity index (χ0v) is 10.5. The van der Waals surface area contributed by atoms with Crippen LogP contribution >= 0.6 is 15.9 Å². The van der Waals surface area contributed by atoms with Crippen LogP contribution in [0.15, 0.2) is 28.7 Å². The fourth-order valence-corrected chi connectivity index (χ4v) is 1.49. The van der Waals surface area contributed by atoms with Crippen molar-refractivity contribution in [3.63, 3.8) is 0 Å². The SMILES string of the molecule is CC(C)CCNCc1ccc(Br)cc1. The van der Waals surface area contributed by atoms with Gasteiger partial charge in [-0.15, -0.1) is 0 Å². The normalized spacial score (nSPS) is 10.9. The van der Waals surface area contributed by atoms with Crippen LogP contribution in [0.1, 0.15) is 25.8 Å². The third-order valence-electron chi connectivity index (χ3n) is 2.14. The number of hydrogen-bond donors (Lipinski definition) is 1. The highest BCUT2D eigenvalue weighted by atomic mass is 79.9. The molecule has 0 radical (unpaired) electrons. The molecule has 1 rings (SSSR count). The van der Waals surface area contributed by atoms with E-state index >= 15 is 0 Å². The molecule has 0 fully saturated rings. The van der Waals surface area contributed by atoms with Crippen molar-refractivity contribution in [3.8, 4) is 0 Å². The Morgan fingerprint density at radius 2 is 1.86 bits per heavy atom. The van der Waals surface area contributed by atoms with Gasteiger partial charge in [-0.05, 0) is 36.6 Å². The summed E-state index contributed by atoms with van der Waals surface area (Å²) in [7, 11) is 0. The molecule has 78 valence electrons. The molecule has 0 amide bonds. The molecule has 0 heterocycles. The predicted octanol–water partition coefficient (Wildman–Crippen LogP) is 3.58. The first-order valence-corrected chi connectivity index (χ1v) is 5.93.